The normalized spacial score (nSPS) is 12.4. The quantitative estimate of drug-likeness (QED) is 0.632. The number of rotatable bonds is 3. The Morgan fingerprint density at radius 1 is 0.870 bits per heavy atom. The molecule has 5 heteroatoms. The molecule has 0 spiro atoms. The van der Waals surface area contributed by atoms with E-state index in [4.69, 9.17) is 0 Å². The van der Waals surface area contributed by atoms with Crippen LogP contribution in [0.3, 0.4) is 0 Å². The topological polar surface area (TPSA) is 63.3 Å². The van der Waals surface area contributed by atoms with Gasteiger partial charge in [-0.1, -0.05) is 47.7 Å². The van der Waals surface area contributed by atoms with Crippen LogP contribution < -0.4 is 0 Å². The summed E-state index contributed by atoms with van der Waals surface area (Å²) in [5.74, 6) is 0. The number of aliphatic hydroxyl groups is 1. The molecule has 4 rings (SSSR count). The Morgan fingerprint density at radius 2 is 1.70 bits per heavy atom. The fourth-order valence-corrected chi connectivity index (χ4v) is 2.64. The van der Waals surface area contributed by atoms with Gasteiger partial charge in [-0.25, -0.2) is 4.52 Å². The van der Waals surface area contributed by atoms with Gasteiger partial charge in [-0.05, 0) is 24.3 Å². The zero-order valence-electron chi connectivity index (χ0n) is 12.2. The van der Waals surface area contributed by atoms with E-state index in [0.717, 1.165) is 16.8 Å². The molecular weight excluding hydrogens is 288 g/mol. The summed E-state index contributed by atoms with van der Waals surface area (Å²) in [6.45, 7) is 0. The van der Waals surface area contributed by atoms with Crippen LogP contribution in [0, 0.1) is 0 Å². The van der Waals surface area contributed by atoms with Gasteiger partial charge >= 0.3 is 0 Å². The highest BCUT2D eigenvalue weighted by Gasteiger charge is 2.18. The van der Waals surface area contributed by atoms with Crippen molar-refractivity contribution >= 4 is 5.52 Å². The lowest BCUT2D eigenvalue weighted by molar-refractivity contribution is 0.207. The molecule has 0 aliphatic carbocycles. The summed E-state index contributed by atoms with van der Waals surface area (Å²) >= 11 is 0. The van der Waals surface area contributed by atoms with Gasteiger partial charge in [0.1, 0.15) is 11.8 Å². The minimum atomic E-state index is -0.856. The maximum atomic E-state index is 10.6. The molecule has 1 atom stereocenters. The van der Waals surface area contributed by atoms with Crippen LogP contribution in [0.5, 0.6) is 0 Å². The minimum absolute atomic E-state index is 0.580. The first-order valence-corrected chi connectivity index (χ1v) is 7.33. The molecular formula is C18H14N4O. The molecule has 0 aliphatic rings. The Morgan fingerprint density at radius 3 is 2.48 bits per heavy atom. The van der Waals surface area contributed by atoms with Gasteiger partial charge in [0.15, 0.2) is 0 Å². The highest BCUT2D eigenvalue weighted by atomic mass is 16.3. The highest BCUT2D eigenvalue weighted by molar-refractivity contribution is 5.76. The van der Waals surface area contributed by atoms with E-state index in [2.05, 4.69) is 15.3 Å². The van der Waals surface area contributed by atoms with Crippen molar-refractivity contribution in [2.24, 2.45) is 0 Å². The molecule has 0 radical (unpaired) electrons. The van der Waals surface area contributed by atoms with Crippen molar-refractivity contribution in [3.05, 3.63) is 84.3 Å². The van der Waals surface area contributed by atoms with Gasteiger partial charge in [0.05, 0.1) is 16.9 Å². The molecule has 1 N–H and O–H groups in total. The van der Waals surface area contributed by atoms with Gasteiger partial charge in [-0.2, -0.15) is 0 Å². The maximum Gasteiger partial charge on any atom is 0.138 e. The van der Waals surface area contributed by atoms with Crippen LogP contribution in [0.15, 0.2) is 72.9 Å². The first-order chi connectivity index (χ1) is 11.3. The highest BCUT2D eigenvalue weighted by Crippen LogP contribution is 2.26. The second-order valence-electron chi connectivity index (χ2n) is 5.21. The number of fused-ring (bicyclic) bond motifs is 1. The lowest BCUT2D eigenvalue weighted by Crippen LogP contribution is -2.08. The van der Waals surface area contributed by atoms with E-state index in [-0.39, 0.29) is 0 Å². The summed E-state index contributed by atoms with van der Waals surface area (Å²) in [4.78, 5) is 4.22. The van der Waals surface area contributed by atoms with Crippen LogP contribution >= 0.6 is 0 Å². The molecule has 1 unspecified atom stereocenters. The lowest BCUT2D eigenvalue weighted by Gasteiger charge is -2.11. The Labute approximate surface area is 132 Å². The van der Waals surface area contributed by atoms with Crippen molar-refractivity contribution in [1.82, 2.24) is 19.8 Å². The summed E-state index contributed by atoms with van der Waals surface area (Å²) in [6.07, 6.45) is 0.806. The number of aliphatic hydroxyl groups excluding tert-OH is 1. The fourth-order valence-electron chi connectivity index (χ4n) is 2.64. The van der Waals surface area contributed by atoms with Gasteiger partial charge in [0, 0.05) is 11.8 Å². The molecule has 3 aromatic heterocycles. The number of hydrogen-bond donors (Lipinski definition) is 1. The van der Waals surface area contributed by atoms with E-state index < -0.39 is 6.10 Å². The van der Waals surface area contributed by atoms with Crippen molar-refractivity contribution in [3.63, 3.8) is 0 Å². The average molecular weight is 302 g/mol. The second kappa shape index (κ2) is 5.62. The Balaban J connectivity index is 1.86. The fraction of sp³-hybridized carbons (Fsp3) is 0.0556. The molecule has 4 aromatic rings. The molecule has 0 saturated carbocycles. The standard InChI is InChI=1S/C18H14N4O/c23-18(14-9-4-5-12-19-14)16-11-6-10-15-17(20-21-22(15)16)13-7-2-1-3-8-13/h1-12,18,23H. The monoisotopic (exact) mass is 302 g/mol. The molecule has 0 amide bonds. The predicted molar refractivity (Wildman–Crippen MR) is 86.7 cm³/mol. The predicted octanol–water partition coefficient (Wildman–Crippen LogP) is 2.87. The number of hydrogen-bond acceptors (Lipinski definition) is 4. The van der Waals surface area contributed by atoms with E-state index in [1.165, 1.54) is 0 Å². The van der Waals surface area contributed by atoms with Crippen molar-refractivity contribution < 1.29 is 5.11 Å². The van der Waals surface area contributed by atoms with Crippen LogP contribution in [0.25, 0.3) is 16.8 Å². The van der Waals surface area contributed by atoms with Crippen LogP contribution in [-0.2, 0) is 0 Å². The largest absolute Gasteiger partial charge is 0.380 e. The SMILES string of the molecule is OC(c1ccccn1)c1cccc2c(-c3ccccc3)nnn12. The summed E-state index contributed by atoms with van der Waals surface area (Å²) in [7, 11) is 0. The Hall–Kier alpha value is -3.05. The zero-order valence-corrected chi connectivity index (χ0v) is 12.2. The Bertz CT molecular complexity index is 935. The second-order valence-corrected chi connectivity index (χ2v) is 5.21. The third kappa shape index (κ3) is 2.37. The summed E-state index contributed by atoms with van der Waals surface area (Å²) in [5, 5.41) is 19.1. The van der Waals surface area contributed by atoms with Crippen molar-refractivity contribution in [1.29, 1.82) is 0 Å². The van der Waals surface area contributed by atoms with Gasteiger partial charge < -0.3 is 5.11 Å². The van der Waals surface area contributed by atoms with Crippen LogP contribution in [0.1, 0.15) is 17.5 Å². The lowest BCUT2D eigenvalue weighted by atomic mass is 10.1. The number of aromatic nitrogens is 4. The molecule has 0 saturated heterocycles. The van der Waals surface area contributed by atoms with E-state index in [0.29, 0.717) is 11.4 Å². The van der Waals surface area contributed by atoms with Crippen molar-refractivity contribution in [2.75, 3.05) is 0 Å². The third-order valence-corrected chi connectivity index (χ3v) is 3.77. The van der Waals surface area contributed by atoms with Gasteiger partial charge in [0.25, 0.3) is 0 Å². The number of pyridine rings is 2. The van der Waals surface area contributed by atoms with Gasteiger partial charge in [-0.15, -0.1) is 5.10 Å². The van der Waals surface area contributed by atoms with Crippen LogP contribution in [0.4, 0.5) is 0 Å². The molecule has 3 heterocycles. The van der Waals surface area contributed by atoms with Crippen molar-refractivity contribution in [3.8, 4) is 11.3 Å². The zero-order chi connectivity index (χ0) is 15.6. The van der Waals surface area contributed by atoms with Gasteiger partial charge in [0.2, 0.25) is 0 Å². The average Bonchev–Trinajstić information content (AvgIpc) is 3.07. The van der Waals surface area contributed by atoms with Crippen molar-refractivity contribution in [2.45, 2.75) is 6.10 Å². The van der Waals surface area contributed by atoms with E-state index >= 15 is 0 Å². The molecule has 0 bridgehead atoms. The first-order valence-electron chi connectivity index (χ1n) is 7.33. The molecule has 5 nitrogen and oxygen atoms in total. The number of benzene rings is 1. The minimum Gasteiger partial charge on any atom is -0.380 e. The first kappa shape index (κ1) is 13.6. The molecule has 23 heavy (non-hydrogen) atoms. The third-order valence-electron chi connectivity index (χ3n) is 3.77. The van der Waals surface area contributed by atoms with E-state index in [1.807, 2.05) is 60.7 Å². The molecule has 1 aromatic carbocycles. The molecule has 0 fully saturated rings. The maximum absolute atomic E-state index is 10.6. The smallest absolute Gasteiger partial charge is 0.138 e. The van der Waals surface area contributed by atoms with Crippen LogP contribution in [-0.4, -0.2) is 24.9 Å². The summed E-state index contributed by atoms with van der Waals surface area (Å²) in [6, 6.07) is 21.0. The Kier molecular flexibility index (Phi) is 3.33. The summed E-state index contributed by atoms with van der Waals surface area (Å²) < 4.78 is 1.67. The van der Waals surface area contributed by atoms with Gasteiger partial charge in [-0.3, -0.25) is 4.98 Å². The number of nitrogens with zero attached hydrogens (tertiary/aromatic N) is 4. The van der Waals surface area contributed by atoms with E-state index in [9.17, 15) is 5.11 Å². The summed E-state index contributed by atoms with van der Waals surface area (Å²) in [5.41, 5.74) is 3.85. The van der Waals surface area contributed by atoms with Crippen LogP contribution in [0.2, 0.25) is 0 Å². The molecule has 0 aliphatic heterocycles. The molecule has 112 valence electrons. The van der Waals surface area contributed by atoms with E-state index in [1.54, 1.807) is 16.8 Å².